The molecule has 0 aliphatic carbocycles. The number of amidine groups is 1. The van der Waals surface area contributed by atoms with Crippen molar-refractivity contribution in [2.75, 3.05) is 32.7 Å². The number of imidazole rings is 1. The van der Waals surface area contributed by atoms with Gasteiger partial charge in [0.2, 0.25) is 5.91 Å². The van der Waals surface area contributed by atoms with Crippen molar-refractivity contribution in [2.24, 2.45) is 15.9 Å². The van der Waals surface area contributed by atoms with Crippen molar-refractivity contribution in [3.8, 4) is 22.4 Å². The van der Waals surface area contributed by atoms with E-state index in [0.29, 0.717) is 6.04 Å². The molecule has 4 aliphatic rings. The third-order valence-corrected chi connectivity index (χ3v) is 9.35. The van der Waals surface area contributed by atoms with Gasteiger partial charge in [0.05, 0.1) is 43.1 Å². The van der Waals surface area contributed by atoms with E-state index in [9.17, 15) is 4.79 Å². The Morgan fingerprint density at radius 2 is 1.70 bits per heavy atom. The molecular formula is C34H43N9O. The number of rotatable bonds is 8. The fraction of sp³-hybridized carbons (Fsp3) is 0.471. The number of amides is 1. The van der Waals surface area contributed by atoms with Crippen molar-refractivity contribution in [1.82, 2.24) is 36.1 Å². The molecule has 2 saturated heterocycles. The molecule has 10 heteroatoms. The molecule has 2 aromatic carbocycles. The highest BCUT2D eigenvalue weighted by Gasteiger charge is 2.37. The third-order valence-electron chi connectivity index (χ3n) is 9.35. The van der Waals surface area contributed by atoms with Crippen LogP contribution in [0.3, 0.4) is 0 Å². The average molecular weight is 594 g/mol. The first-order valence-corrected chi connectivity index (χ1v) is 16.2. The summed E-state index contributed by atoms with van der Waals surface area (Å²) >= 11 is 0. The molecule has 4 atom stereocenters. The number of carbonyl (C=O) groups is 1. The molecule has 1 unspecified atom stereocenters. The largest absolute Gasteiger partial charge is 0.364 e. The molecule has 0 radical (unpaired) electrons. The maximum absolute atomic E-state index is 13.7. The molecule has 3 aromatic rings. The quantitative estimate of drug-likeness (QED) is 0.271. The van der Waals surface area contributed by atoms with Crippen LogP contribution in [0.25, 0.3) is 22.4 Å². The van der Waals surface area contributed by atoms with Gasteiger partial charge < -0.3 is 31.2 Å². The number of benzene rings is 2. The second-order valence-electron chi connectivity index (χ2n) is 12.7. The fourth-order valence-corrected chi connectivity index (χ4v) is 6.83. The second kappa shape index (κ2) is 12.4. The topological polar surface area (TPSA) is 122 Å². The summed E-state index contributed by atoms with van der Waals surface area (Å²) in [5.41, 5.74) is 5.67. The number of likely N-dealkylation sites (tertiary alicyclic amines) is 1. The van der Waals surface area contributed by atoms with Crippen LogP contribution in [-0.2, 0) is 4.79 Å². The second-order valence-corrected chi connectivity index (χ2v) is 12.7. The van der Waals surface area contributed by atoms with Crippen LogP contribution in [0.15, 0.2) is 64.7 Å². The van der Waals surface area contributed by atoms with E-state index in [-0.39, 0.29) is 30.0 Å². The van der Waals surface area contributed by atoms with Gasteiger partial charge in [0.15, 0.2) is 5.96 Å². The number of aromatic nitrogens is 2. The molecular weight excluding hydrogens is 550 g/mol. The molecule has 44 heavy (non-hydrogen) atoms. The maximum Gasteiger partial charge on any atom is 0.246 e. The number of nitrogens with one attached hydrogen (secondary N) is 5. The first-order valence-electron chi connectivity index (χ1n) is 16.2. The van der Waals surface area contributed by atoms with Crippen molar-refractivity contribution in [3.63, 3.8) is 0 Å². The first kappa shape index (κ1) is 28.6. The van der Waals surface area contributed by atoms with Crippen LogP contribution in [0.4, 0.5) is 0 Å². The lowest BCUT2D eigenvalue weighted by atomic mass is 9.99. The summed E-state index contributed by atoms with van der Waals surface area (Å²) in [6.07, 6.45) is 6.14. The summed E-state index contributed by atoms with van der Waals surface area (Å²) in [6.45, 7) is 8.31. The smallest absolute Gasteiger partial charge is 0.246 e. The van der Waals surface area contributed by atoms with Gasteiger partial charge in [0.25, 0.3) is 0 Å². The highest BCUT2D eigenvalue weighted by Crippen LogP contribution is 2.33. The lowest BCUT2D eigenvalue weighted by Crippen LogP contribution is -2.53. The number of aliphatic imine (C=N–C) groups is 2. The van der Waals surface area contributed by atoms with E-state index >= 15 is 0 Å². The highest BCUT2D eigenvalue weighted by molar-refractivity contribution is 5.90. The number of aromatic amines is 1. The number of guanidine groups is 1. The number of carbonyl (C=O) groups excluding carboxylic acids is 1. The van der Waals surface area contributed by atoms with Crippen LogP contribution in [-0.4, -0.2) is 77.4 Å². The lowest BCUT2D eigenvalue weighted by Gasteiger charge is -2.30. The average Bonchev–Trinajstić information content (AvgIpc) is 3.89. The molecule has 4 aliphatic heterocycles. The van der Waals surface area contributed by atoms with Crippen molar-refractivity contribution < 1.29 is 4.79 Å². The van der Waals surface area contributed by atoms with Gasteiger partial charge in [-0.3, -0.25) is 14.8 Å². The molecule has 1 amide bonds. The summed E-state index contributed by atoms with van der Waals surface area (Å²) in [5.74, 6) is 2.93. The van der Waals surface area contributed by atoms with Crippen molar-refractivity contribution in [1.29, 1.82) is 0 Å². The van der Waals surface area contributed by atoms with Crippen LogP contribution in [0.2, 0.25) is 0 Å². The molecule has 10 nitrogen and oxygen atoms in total. The van der Waals surface area contributed by atoms with Crippen LogP contribution < -0.4 is 21.3 Å². The maximum atomic E-state index is 13.7. The van der Waals surface area contributed by atoms with E-state index in [1.807, 2.05) is 11.1 Å². The van der Waals surface area contributed by atoms with E-state index in [2.05, 4.69) is 93.6 Å². The van der Waals surface area contributed by atoms with Crippen LogP contribution in [0, 0.1) is 5.92 Å². The predicted octanol–water partition coefficient (Wildman–Crippen LogP) is 3.78. The lowest BCUT2D eigenvalue weighted by molar-refractivity contribution is -0.135. The first-order chi connectivity index (χ1) is 21.5. The summed E-state index contributed by atoms with van der Waals surface area (Å²) in [7, 11) is 0. The Morgan fingerprint density at radius 3 is 2.41 bits per heavy atom. The number of hydrogen-bond acceptors (Lipinski definition) is 8. The van der Waals surface area contributed by atoms with E-state index < -0.39 is 0 Å². The van der Waals surface area contributed by atoms with E-state index in [1.165, 1.54) is 23.1 Å². The fourth-order valence-electron chi connectivity index (χ4n) is 6.83. The molecule has 7 rings (SSSR count). The summed E-state index contributed by atoms with van der Waals surface area (Å²) in [4.78, 5) is 33.2. The van der Waals surface area contributed by atoms with E-state index in [0.717, 1.165) is 80.9 Å². The molecule has 1 aromatic heterocycles. The molecule has 2 fully saturated rings. The minimum atomic E-state index is -0.328. The third kappa shape index (κ3) is 5.83. The summed E-state index contributed by atoms with van der Waals surface area (Å²) in [6, 6.07) is 17.7. The van der Waals surface area contributed by atoms with Crippen LogP contribution in [0.1, 0.15) is 63.0 Å². The van der Waals surface area contributed by atoms with Crippen LogP contribution >= 0.6 is 0 Å². The van der Waals surface area contributed by atoms with E-state index in [1.54, 1.807) is 0 Å². The number of nitrogens with zero attached hydrogens (tertiary/aromatic N) is 4. The minimum absolute atomic E-state index is 0.0548. The number of H-pyrrole nitrogens is 1. The van der Waals surface area contributed by atoms with Gasteiger partial charge in [-0.2, -0.15) is 0 Å². The number of hydrogen-bond donors (Lipinski definition) is 5. The van der Waals surface area contributed by atoms with Gasteiger partial charge in [0.1, 0.15) is 17.7 Å². The van der Waals surface area contributed by atoms with Gasteiger partial charge >= 0.3 is 0 Å². The van der Waals surface area contributed by atoms with Crippen molar-refractivity contribution >= 4 is 17.7 Å². The molecule has 230 valence electrons. The van der Waals surface area contributed by atoms with Crippen LogP contribution in [0.5, 0.6) is 0 Å². The predicted molar refractivity (Wildman–Crippen MR) is 174 cm³/mol. The zero-order chi connectivity index (χ0) is 30.0. The van der Waals surface area contributed by atoms with Crippen molar-refractivity contribution in [2.45, 2.75) is 63.7 Å². The van der Waals surface area contributed by atoms with Gasteiger partial charge in [-0.1, -0.05) is 62.4 Å². The Bertz CT molecular complexity index is 1520. The van der Waals surface area contributed by atoms with Gasteiger partial charge in [-0.05, 0) is 60.4 Å². The normalized spacial score (nSPS) is 23.8. The van der Waals surface area contributed by atoms with E-state index in [4.69, 9.17) is 9.98 Å². The van der Waals surface area contributed by atoms with Crippen molar-refractivity contribution in [3.05, 3.63) is 66.1 Å². The monoisotopic (exact) mass is 593 g/mol. The minimum Gasteiger partial charge on any atom is -0.364 e. The van der Waals surface area contributed by atoms with Gasteiger partial charge in [-0.25, -0.2) is 4.98 Å². The highest BCUT2D eigenvalue weighted by atomic mass is 16.2. The zero-order valence-corrected chi connectivity index (χ0v) is 25.6. The summed E-state index contributed by atoms with van der Waals surface area (Å²) < 4.78 is 0. The Morgan fingerprint density at radius 1 is 0.932 bits per heavy atom. The Hall–Kier alpha value is -4.18. The Balaban J connectivity index is 0.997. The molecule has 0 spiro atoms. The van der Waals surface area contributed by atoms with Gasteiger partial charge in [0, 0.05) is 13.1 Å². The Labute approximate surface area is 259 Å². The zero-order valence-electron chi connectivity index (χ0n) is 25.6. The molecule has 5 N–H and O–H groups in total. The van der Waals surface area contributed by atoms with Gasteiger partial charge in [-0.15, -0.1) is 0 Å². The Kier molecular flexibility index (Phi) is 8.08. The summed E-state index contributed by atoms with van der Waals surface area (Å²) in [5, 5.41) is 13.8. The molecule has 5 heterocycles. The molecule has 0 saturated carbocycles. The molecule has 0 bridgehead atoms. The standard InChI is InChI=1S/C34H43N9O/c1-21(2)30(42-34-36-16-17-37-34)33(44)43-18-4-6-29(43)32-39-20-28(41-32)25-13-9-23(10-14-25)22-7-11-24(12-8-22)27-19-38-31(40-27)26-5-3-15-35-26/h7-14,20-21,26-27,29-30,35H,3-6,15-19H2,1-2H3,(H,38,40)(H,39,41)(H2,36,37,42)/t26-,27?,29-,30+/m0/s1. The SMILES string of the molecule is CC(C)[C@@H](NC1=NCCN1)C(=O)N1CCC[C@H]1c1ncc(-c2ccc(-c3ccc(C4CN=C([C@@H]5CCCN5)N4)cc3)cc2)[nH]1.